The van der Waals surface area contributed by atoms with Crippen molar-refractivity contribution in [2.24, 2.45) is 0 Å². The van der Waals surface area contributed by atoms with Crippen LogP contribution in [0, 0.1) is 0 Å². The van der Waals surface area contributed by atoms with Gasteiger partial charge < -0.3 is 14.5 Å². The molecular formula is C27H30ClN3O5S2. The van der Waals surface area contributed by atoms with Crippen molar-refractivity contribution >= 4 is 55.7 Å². The second-order valence-electron chi connectivity index (χ2n) is 10.6. The molecule has 0 bridgehead atoms. The minimum atomic E-state index is -3.69. The Morgan fingerprint density at radius 1 is 0.921 bits per heavy atom. The number of amides is 2. The summed E-state index contributed by atoms with van der Waals surface area (Å²) in [6.07, 6.45) is 0.325. The highest BCUT2D eigenvalue weighted by Crippen LogP contribution is 2.31. The van der Waals surface area contributed by atoms with E-state index in [-0.39, 0.29) is 30.0 Å². The summed E-state index contributed by atoms with van der Waals surface area (Å²) in [5.41, 5.74) is 0.403. The molecule has 0 unspecified atom stereocenters. The molecule has 0 N–H and O–H groups in total. The van der Waals surface area contributed by atoms with Gasteiger partial charge >= 0.3 is 6.09 Å². The summed E-state index contributed by atoms with van der Waals surface area (Å²) >= 11 is 7.50. The third-order valence-corrected chi connectivity index (χ3v) is 10.0. The molecule has 1 saturated heterocycles. The normalized spacial score (nSPS) is 16.9. The number of nitrogens with zero attached hydrogens (tertiary/aromatic N) is 3. The van der Waals surface area contributed by atoms with E-state index in [2.05, 4.69) is 0 Å². The topological polar surface area (TPSA) is 87.2 Å². The molecule has 8 nitrogen and oxygen atoms in total. The van der Waals surface area contributed by atoms with Gasteiger partial charge in [-0.2, -0.15) is 4.31 Å². The Hall–Kier alpha value is -2.66. The third kappa shape index (κ3) is 5.54. The predicted octanol–water partition coefficient (Wildman–Crippen LogP) is 4.99. The summed E-state index contributed by atoms with van der Waals surface area (Å²) in [5.74, 6) is -0.104. The predicted molar refractivity (Wildman–Crippen MR) is 148 cm³/mol. The Morgan fingerprint density at radius 3 is 2.32 bits per heavy atom. The molecule has 3 heterocycles. The number of halogens is 1. The van der Waals surface area contributed by atoms with E-state index in [9.17, 15) is 18.0 Å². The van der Waals surface area contributed by atoms with Crippen LogP contribution in [0.2, 0.25) is 5.02 Å². The lowest BCUT2D eigenvalue weighted by atomic mass is 10.1. The van der Waals surface area contributed by atoms with Gasteiger partial charge in [0.15, 0.2) is 0 Å². The van der Waals surface area contributed by atoms with E-state index in [1.54, 1.807) is 46.2 Å². The van der Waals surface area contributed by atoms with Crippen LogP contribution in [0.5, 0.6) is 0 Å². The lowest BCUT2D eigenvalue weighted by molar-refractivity contribution is 0.0225. The molecule has 38 heavy (non-hydrogen) atoms. The molecule has 5 rings (SSSR count). The first-order valence-electron chi connectivity index (χ1n) is 12.5. The summed E-state index contributed by atoms with van der Waals surface area (Å²) in [7, 11) is -3.69. The van der Waals surface area contributed by atoms with E-state index in [1.807, 2.05) is 26.8 Å². The second-order valence-corrected chi connectivity index (χ2v) is 14.1. The maximum absolute atomic E-state index is 13.3. The number of carbonyl (C=O) groups is 2. The maximum Gasteiger partial charge on any atom is 0.410 e. The van der Waals surface area contributed by atoms with Gasteiger partial charge in [-0.3, -0.25) is 4.79 Å². The lowest BCUT2D eigenvalue weighted by Gasteiger charge is -2.33. The second kappa shape index (κ2) is 10.1. The van der Waals surface area contributed by atoms with Crippen LogP contribution in [0.3, 0.4) is 0 Å². The Balaban J connectivity index is 1.23. The van der Waals surface area contributed by atoms with Crippen LogP contribution in [-0.4, -0.2) is 72.8 Å². The quantitative estimate of drug-likeness (QED) is 0.439. The molecule has 0 spiro atoms. The van der Waals surface area contributed by atoms with Crippen molar-refractivity contribution in [2.75, 3.05) is 32.7 Å². The molecule has 3 aromatic rings. The van der Waals surface area contributed by atoms with E-state index in [0.717, 1.165) is 21.2 Å². The van der Waals surface area contributed by atoms with Crippen LogP contribution in [0.1, 0.15) is 40.9 Å². The van der Waals surface area contributed by atoms with Crippen molar-refractivity contribution in [3.63, 3.8) is 0 Å². The molecule has 0 atom stereocenters. The third-order valence-electron chi connectivity index (χ3n) is 6.67. The number of hydrogen-bond donors (Lipinski definition) is 0. The van der Waals surface area contributed by atoms with Crippen LogP contribution in [0.25, 0.3) is 10.8 Å². The molecule has 2 aliphatic heterocycles. The number of ether oxygens (including phenoxy) is 1. The van der Waals surface area contributed by atoms with Gasteiger partial charge in [0.25, 0.3) is 5.91 Å². The number of carbonyl (C=O) groups excluding carboxylic acids is 2. The highest BCUT2D eigenvalue weighted by atomic mass is 35.5. The molecule has 1 fully saturated rings. The molecule has 1 aromatic heterocycles. The number of thiophene rings is 1. The smallest absolute Gasteiger partial charge is 0.410 e. The van der Waals surface area contributed by atoms with Crippen molar-refractivity contribution in [2.45, 2.75) is 44.2 Å². The minimum absolute atomic E-state index is 0.104. The molecular weight excluding hydrogens is 546 g/mol. The van der Waals surface area contributed by atoms with Crippen LogP contribution in [-0.2, 0) is 27.7 Å². The van der Waals surface area contributed by atoms with Gasteiger partial charge in [-0.1, -0.05) is 23.7 Å². The number of fused-ring (bicyclic) bond motifs is 2. The number of rotatable bonds is 3. The molecule has 2 amide bonds. The van der Waals surface area contributed by atoms with E-state index < -0.39 is 15.6 Å². The van der Waals surface area contributed by atoms with Crippen molar-refractivity contribution in [1.29, 1.82) is 0 Å². The van der Waals surface area contributed by atoms with Gasteiger partial charge in [-0.15, -0.1) is 11.3 Å². The molecule has 202 valence electrons. The molecule has 11 heteroatoms. The first-order valence-corrected chi connectivity index (χ1v) is 15.1. The van der Waals surface area contributed by atoms with E-state index in [4.69, 9.17) is 16.3 Å². The zero-order valence-electron chi connectivity index (χ0n) is 21.6. The fourth-order valence-electron chi connectivity index (χ4n) is 4.71. The van der Waals surface area contributed by atoms with Gasteiger partial charge in [-0.05, 0) is 73.9 Å². The lowest BCUT2D eigenvalue weighted by Crippen LogP contribution is -2.50. The van der Waals surface area contributed by atoms with Gasteiger partial charge in [-0.25, -0.2) is 13.2 Å². The zero-order valence-corrected chi connectivity index (χ0v) is 24.0. The molecule has 0 radical (unpaired) electrons. The summed E-state index contributed by atoms with van der Waals surface area (Å²) in [6.45, 7) is 7.56. The SMILES string of the molecule is CC(C)(C)OC(=O)N1CCc2sc(C(=O)N3CCN(S(=O)(=O)c4ccc5cc(Cl)ccc5c4)CC3)cc2C1. The van der Waals surface area contributed by atoms with Gasteiger partial charge in [0.05, 0.1) is 16.3 Å². The first kappa shape index (κ1) is 26.9. The number of hydrogen-bond acceptors (Lipinski definition) is 6. The van der Waals surface area contributed by atoms with Gasteiger partial charge in [0.1, 0.15) is 5.60 Å². The fourth-order valence-corrected chi connectivity index (χ4v) is 7.48. The summed E-state index contributed by atoms with van der Waals surface area (Å²) < 4.78 is 33.5. The number of benzene rings is 2. The van der Waals surface area contributed by atoms with Crippen LogP contribution < -0.4 is 0 Å². The van der Waals surface area contributed by atoms with Crippen LogP contribution in [0.15, 0.2) is 47.4 Å². The average molecular weight is 576 g/mol. The Bertz CT molecular complexity index is 1500. The maximum atomic E-state index is 13.3. The van der Waals surface area contributed by atoms with Gasteiger partial charge in [0.2, 0.25) is 10.0 Å². The standard InChI is InChI=1S/C27H30ClN3O5S2/c1-27(2,3)36-26(33)30-9-8-23-20(17-30)16-24(37-23)25(32)29-10-12-31(13-11-29)38(34,35)22-7-5-18-14-21(28)6-4-19(18)15-22/h4-7,14-16H,8-13,17H2,1-3H3. The van der Waals surface area contributed by atoms with E-state index >= 15 is 0 Å². The average Bonchev–Trinajstić information content (AvgIpc) is 3.30. The highest BCUT2D eigenvalue weighted by molar-refractivity contribution is 7.89. The number of sulfonamides is 1. The zero-order chi connectivity index (χ0) is 27.2. The monoisotopic (exact) mass is 575 g/mol. The summed E-state index contributed by atoms with van der Waals surface area (Å²) in [6, 6.07) is 12.2. The fraction of sp³-hybridized carbons (Fsp3) is 0.407. The summed E-state index contributed by atoms with van der Waals surface area (Å²) in [5, 5.41) is 2.27. The van der Waals surface area contributed by atoms with E-state index in [1.165, 1.54) is 15.6 Å². The van der Waals surface area contributed by atoms with Crippen molar-refractivity contribution < 1.29 is 22.7 Å². The van der Waals surface area contributed by atoms with Crippen LogP contribution in [0.4, 0.5) is 4.79 Å². The van der Waals surface area contributed by atoms with Gasteiger partial charge in [0, 0.05) is 42.6 Å². The largest absolute Gasteiger partial charge is 0.444 e. The molecule has 0 aliphatic carbocycles. The number of piperazine rings is 1. The molecule has 0 saturated carbocycles. The Kier molecular flexibility index (Phi) is 7.19. The van der Waals surface area contributed by atoms with E-state index in [0.29, 0.717) is 42.5 Å². The van der Waals surface area contributed by atoms with Crippen molar-refractivity contribution in [3.8, 4) is 0 Å². The Labute approximate surface area is 231 Å². The van der Waals surface area contributed by atoms with Crippen LogP contribution >= 0.6 is 22.9 Å². The summed E-state index contributed by atoms with van der Waals surface area (Å²) in [4.78, 5) is 31.1. The first-order chi connectivity index (χ1) is 17.9. The minimum Gasteiger partial charge on any atom is -0.444 e. The van der Waals surface area contributed by atoms with Crippen molar-refractivity contribution in [1.82, 2.24) is 14.1 Å². The molecule has 2 aliphatic rings. The van der Waals surface area contributed by atoms with Crippen molar-refractivity contribution in [3.05, 3.63) is 62.8 Å². The highest BCUT2D eigenvalue weighted by Gasteiger charge is 2.33. The Morgan fingerprint density at radius 2 is 1.61 bits per heavy atom. The molecule has 2 aromatic carbocycles.